The first-order valence-electron chi connectivity index (χ1n) is 16.7. The standard InChI is InChI=1S/C35H53N5O5S/c1-7-24(5)31(39-33(44)29-15-11-12-16-40(29)6)34(45)37-27(22(2)3)19-30(42)35-38-28(21-46-35)32(43)36-26(17-23(4)20-41)18-25-13-9-8-10-14-25/h8-10,13-14,20-24,26-27,29-31,42H,7,11-12,15-19H2,1-6H3,(H,36,43)(H,37,45)(H,39,44). The van der Waals surface area contributed by atoms with Gasteiger partial charge >= 0.3 is 0 Å². The molecule has 1 aliphatic heterocycles. The van der Waals surface area contributed by atoms with Crippen LogP contribution >= 0.6 is 11.3 Å². The van der Waals surface area contributed by atoms with Gasteiger partial charge in [0, 0.05) is 29.8 Å². The molecular formula is C35H53N5O5S. The predicted molar refractivity (Wildman–Crippen MR) is 181 cm³/mol. The number of aldehydes is 1. The first-order valence-corrected chi connectivity index (χ1v) is 17.6. The third kappa shape index (κ3) is 11.0. The molecule has 0 radical (unpaired) electrons. The number of likely N-dealkylation sites (N-methyl/N-ethyl adjacent to an activating group) is 1. The van der Waals surface area contributed by atoms with Gasteiger partial charge in [-0.1, -0.05) is 77.8 Å². The molecule has 10 nitrogen and oxygen atoms in total. The largest absolute Gasteiger partial charge is 0.386 e. The van der Waals surface area contributed by atoms with Gasteiger partial charge in [0.25, 0.3) is 5.91 Å². The fourth-order valence-electron chi connectivity index (χ4n) is 5.87. The first-order chi connectivity index (χ1) is 21.9. The summed E-state index contributed by atoms with van der Waals surface area (Å²) in [4.78, 5) is 57.8. The number of likely N-dealkylation sites (tertiary alicyclic amines) is 1. The third-order valence-electron chi connectivity index (χ3n) is 9.06. The van der Waals surface area contributed by atoms with Gasteiger partial charge < -0.3 is 25.9 Å². The van der Waals surface area contributed by atoms with Crippen molar-refractivity contribution in [3.05, 3.63) is 52.0 Å². The van der Waals surface area contributed by atoms with Gasteiger partial charge in [-0.05, 0) is 56.7 Å². The Balaban J connectivity index is 1.65. The summed E-state index contributed by atoms with van der Waals surface area (Å²) in [6, 6.07) is 8.21. The number of rotatable bonds is 17. The second kappa shape index (κ2) is 18.3. The van der Waals surface area contributed by atoms with Crippen LogP contribution in [0.15, 0.2) is 35.7 Å². The van der Waals surface area contributed by atoms with Gasteiger partial charge in [-0.3, -0.25) is 19.3 Å². The molecule has 254 valence electrons. The predicted octanol–water partition coefficient (Wildman–Crippen LogP) is 4.29. The molecule has 1 aromatic carbocycles. The number of aromatic nitrogens is 1. The van der Waals surface area contributed by atoms with E-state index in [0.29, 0.717) is 17.8 Å². The van der Waals surface area contributed by atoms with E-state index in [1.165, 1.54) is 11.3 Å². The molecule has 4 N–H and O–H groups in total. The average Bonchev–Trinajstić information content (AvgIpc) is 3.54. The zero-order chi connectivity index (χ0) is 33.8. The Morgan fingerprint density at radius 3 is 2.41 bits per heavy atom. The minimum atomic E-state index is -0.998. The van der Waals surface area contributed by atoms with Crippen molar-refractivity contribution in [2.24, 2.45) is 17.8 Å². The molecule has 1 fully saturated rings. The number of hydrogen-bond acceptors (Lipinski definition) is 8. The minimum absolute atomic E-state index is 0.00218. The smallest absolute Gasteiger partial charge is 0.270 e. The molecule has 2 aromatic rings. The van der Waals surface area contributed by atoms with E-state index in [2.05, 4.69) is 25.8 Å². The molecule has 0 aliphatic carbocycles. The first kappa shape index (κ1) is 37.3. The van der Waals surface area contributed by atoms with Crippen LogP contribution in [0.1, 0.15) is 100 Å². The number of hydrogen-bond donors (Lipinski definition) is 4. The van der Waals surface area contributed by atoms with Crippen molar-refractivity contribution in [2.45, 2.75) is 110 Å². The lowest BCUT2D eigenvalue weighted by atomic mass is 9.94. The van der Waals surface area contributed by atoms with Crippen LogP contribution in [-0.2, 0) is 20.8 Å². The lowest BCUT2D eigenvalue weighted by Gasteiger charge is -2.34. The van der Waals surface area contributed by atoms with Crippen LogP contribution < -0.4 is 16.0 Å². The molecule has 1 aromatic heterocycles. The Morgan fingerprint density at radius 2 is 1.78 bits per heavy atom. The highest BCUT2D eigenvalue weighted by molar-refractivity contribution is 7.09. The number of thiazole rings is 1. The lowest BCUT2D eigenvalue weighted by molar-refractivity contribution is -0.134. The molecule has 0 saturated carbocycles. The van der Waals surface area contributed by atoms with Crippen molar-refractivity contribution in [1.29, 1.82) is 0 Å². The summed E-state index contributed by atoms with van der Waals surface area (Å²) in [6.45, 7) is 10.6. The molecule has 1 saturated heterocycles. The molecule has 7 unspecified atom stereocenters. The second-order valence-corrected chi connectivity index (χ2v) is 14.1. The van der Waals surface area contributed by atoms with Crippen LogP contribution in [-0.4, -0.2) is 76.8 Å². The molecule has 0 bridgehead atoms. The lowest BCUT2D eigenvalue weighted by Crippen LogP contribution is -2.57. The maximum absolute atomic E-state index is 13.6. The van der Waals surface area contributed by atoms with E-state index < -0.39 is 12.1 Å². The molecular weight excluding hydrogens is 602 g/mol. The molecule has 46 heavy (non-hydrogen) atoms. The monoisotopic (exact) mass is 655 g/mol. The number of carbonyl (C=O) groups is 4. The Bertz CT molecular complexity index is 1270. The normalized spacial score (nSPS) is 19.3. The number of nitrogens with zero attached hydrogens (tertiary/aromatic N) is 2. The molecule has 11 heteroatoms. The Labute approximate surface area is 278 Å². The highest BCUT2D eigenvalue weighted by atomic mass is 32.1. The summed E-state index contributed by atoms with van der Waals surface area (Å²) in [6.07, 6.45) is 4.72. The van der Waals surface area contributed by atoms with Gasteiger partial charge in [0.2, 0.25) is 11.8 Å². The number of piperidine rings is 1. The van der Waals surface area contributed by atoms with Gasteiger partial charge in [0.1, 0.15) is 29.1 Å². The van der Waals surface area contributed by atoms with Crippen molar-refractivity contribution < 1.29 is 24.3 Å². The molecule has 3 amide bonds. The Hall–Kier alpha value is -3.15. The van der Waals surface area contributed by atoms with Crippen LogP contribution in [0.25, 0.3) is 0 Å². The van der Waals surface area contributed by atoms with E-state index in [1.807, 2.05) is 72.0 Å². The zero-order valence-corrected chi connectivity index (χ0v) is 29.0. The number of nitrogens with one attached hydrogen (secondary N) is 3. The van der Waals surface area contributed by atoms with Gasteiger partial charge in [0.15, 0.2) is 0 Å². The van der Waals surface area contributed by atoms with Crippen molar-refractivity contribution in [3.8, 4) is 0 Å². The Kier molecular flexibility index (Phi) is 14.8. The third-order valence-corrected chi connectivity index (χ3v) is 10.0. The number of carbonyl (C=O) groups excluding carboxylic acids is 4. The number of aliphatic hydroxyl groups is 1. The molecule has 7 atom stereocenters. The minimum Gasteiger partial charge on any atom is -0.386 e. The summed E-state index contributed by atoms with van der Waals surface area (Å²) < 4.78 is 0. The van der Waals surface area contributed by atoms with Gasteiger partial charge in [-0.15, -0.1) is 11.3 Å². The quantitative estimate of drug-likeness (QED) is 0.187. The molecule has 2 heterocycles. The summed E-state index contributed by atoms with van der Waals surface area (Å²) in [5.74, 6) is -1.04. The van der Waals surface area contributed by atoms with E-state index in [-0.39, 0.29) is 65.7 Å². The maximum Gasteiger partial charge on any atom is 0.270 e. The summed E-state index contributed by atoms with van der Waals surface area (Å²) >= 11 is 1.19. The van der Waals surface area contributed by atoms with Crippen molar-refractivity contribution in [1.82, 2.24) is 25.8 Å². The highest BCUT2D eigenvalue weighted by Crippen LogP contribution is 2.25. The van der Waals surface area contributed by atoms with Gasteiger partial charge in [0.05, 0.1) is 6.04 Å². The van der Waals surface area contributed by atoms with Gasteiger partial charge in [-0.25, -0.2) is 4.98 Å². The summed E-state index contributed by atoms with van der Waals surface area (Å²) in [7, 11) is 1.95. The Morgan fingerprint density at radius 1 is 1.07 bits per heavy atom. The van der Waals surface area contributed by atoms with Gasteiger partial charge in [-0.2, -0.15) is 0 Å². The SMILES string of the molecule is CCC(C)C(NC(=O)C1CCCCN1C)C(=O)NC(CC(O)c1nc(C(=O)NC(Cc2ccccc2)CC(C)C=O)cs1)C(C)C. The molecule has 1 aliphatic rings. The van der Waals surface area contributed by atoms with Crippen molar-refractivity contribution in [2.75, 3.05) is 13.6 Å². The summed E-state index contributed by atoms with van der Waals surface area (Å²) in [5.41, 5.74) is 1.26. The highest BCUT2D eigenvalue weighted by Gasteiger charge is 2.33. The van der Waals surface area contributed by atoms with Crippen LogP contribution in [0.2, 0.25) is 0 Å². The molecule has 0 spiro atoms. The maximum atomic E-state index is 13.6. The van der Waals surface area contributed by atoms with Crippen LogP contribution in [0.5, 0.6) is 0 Å². The van der Waals surface area contributed by atoms with Crippen molar-refractivity contribution >= 4 is 35.3 Å². The van der Waals surface area contributed by atoms with Crippen LogP contribution in [0.4, 0.5) is 0 Å². The van der Waals surface area contributed by atoms with Crippen LogP contribution in [0.3, 0.4) is 0 Å². The van der Waals surface area contributed by atoms with E-state index >= 15 is 0 Å². The second-order valence-electron chi connectivity index (χ2n) is 13.3. The zero-order valence-electron chi connectivity index (χ0n) is 28.2. The van der Waals surface area contributed by atoms with E-state index in [4.69, 9.17) is 0 Å². The molecule has 3 rings (SSSR count). The topological polar surface area (TPSA) is 141 Å². The average molecular weight is 656 g/mol. The number of amides is 3. The summed E-state index contributed by atoms with van der Waals surface area (Å²) in [5, 5.41) is 22.3. The number of aliphatic hydroxyl groups excluding tert-OH is 1. The van der Waals surface area contributed by atoms with Crippen LogP contribution in [0, 0.1) is 17.8 Å². The fourth-order valence-corrected chi connectivity index (χ4v) is 6.67. The fraction of sp³-hybridized carbons (Fsp3) is 0.629. The van der Waals surface area contributed by atoms with E-state index in [9.17, 15) is 24.3 Å². The van der Waals surface area contributed by atoms with E-state index in [0.717, 1.165) is 44.1 Å². The van der Waals surface area contributed by atoms with Crippen molar-refractivity contribution in [3.63, 3.8) is 0 Å². The number of benzene rings is 1. The van der Waals surface area contributed by atoms with E-state index in [1.54, 1.807) is 5.38 Å².